The summed E-state index contributed by atoms with van der Waals surface area (Å²) in [6.45, 7) is 0. The normalized spacial score (nSPS) is 11.2. The highest BCUT2D eigenvalue weighted by atomic mass is 14.9. The van der Waals surface area contributed by atoms with E-state index in [4.69, 9.17) is 5.73 Å². The fraction of sp³-hybridized carbons (Fsp3) is 0.115. The summed E-state index contributed by atoms with van der Waals surface area (Å²) in [4.78, 5) is 7.77. The Morgan fingerprint density at radius 3 is 2.57 bits per heavy atom. The van der Waals surface area contributed by atoms with Gasteiger partial charge in [-0.1, -0.05) is 42.5 Å². The molecule has 0 unspecified atom stereocenters. The first-order valence-electron chi connectivity index (χ1n) is 10.3. The standard InChI is InChI=1S/C26H24N4/c27-23-9-4-8-22-25(15-16-28-26(22)23)30-20-13-11-18(12-14-20)5-3-6-19-17-29-24-10-2-1-7-21(19)24/h1-2,4,7-17,29H,3,5-6,27H2,(H,28,30). The Morgan fingerprint density at radius 1 is 0.833 bits per heavy atom. The molecular weight excluding hydrogens is 368 g/mol. The molecule has 0 fully saturated rings. The van der Waals surface area contributed by atoms with Crippen molar-refractivity contribution in [3.63, 3.8) is 0 Å². The number of hydrogen-bond acceptors (Lipinski definition) is 3. The van der Waals surface area contributed by atoms with E-state index in [1.807, 2.05) is 24.3 Å². The van der Waals surface area contributed by atoms with Crippen LogP contribution < -0.4 is 11.1 Å². The lowest BCUT2D eigenvalue weighted by Gasteiger charge is -2.11. The Bertz CT molecular complexity index is 1300. The van der Waals surface area contributed by atoms with E-state index < -0.39 is 0 Å². The van der Waals surface area contributed by atoms with Gasteiger partial charge >= 0.3 is 0 Å². The molecule has 0 bridgehead atoms. The maximum atomic E-state index is 6.06. The average Bonchev–Trinajstić information content (AvgIpc) is 3.19. The van der Waals surface area contributed by atoms with Crippen LogP contribution in [0, 0.1) is 0 Å². The molecule has 4 N–H and O–H groups in total. The molecule has 0 saturated carbocycles. The van der Waals surface area contributed by atoms with Crippen molar-refractivity contribution in [1.29, 1.82) is 0 Å². The first kappa shape index (κ1) is 18.3. The highest BCUT2D eigenvalue weighted by Crippen LogP contribution is 2.28. The second-order valence-electron chi connectivity index (χ2n) is 7.64. The maximum absolute atomic E-state index is 6.06. The zero-order valence-electron chi connectivity index (χ0n) is 16.7. The molecule has 30 heavy (non-hydrogen) atoms. The highest BCUT2D eigenvalue weighted by molar-refractivity contribution is 5.98. The number of hydrogen-bond donors (Lipinski definition) is 3. The fourth-order valence-corrected chi connectivity index (χ4v) is 4.04. The Morgan fingerprint density at radius 2 is 1.67 bits per heavy atom. The van der Waals surface area contributed by atoms with E-state index in [1.54, 1.807) is 6.20 Å². The number of nitrogens with one attached hydrogen (secondary N) is 2. The lowest BCUT2D eigenvalue weighted by atomic mass is 10.0. The van der Waals surface area contributed by atoms with Gasteiger partial charge in [-0.25, -0.2) is 0 Å². The van der Waals surface area contributed by atoms with Gasteiger partial charge in [-0.2, -0.15) is 0 Å². The van der Waals surface area contributed by atoms with Crippen LogP contribution in [0.2, 0.25) is 0 Å². The minimum absolute atomic E-state index is 0.696. The number of rotatable bonds is 6. The molecular formula is C26H24N4. The van der Waals surface area contributed by atoms with Gasteiger partial charge in [-0.15, -0.1) is 0 Å². The van der Waals surface area contributed by atoms with Crippen molar-refractivity contribution in [1.82, 2.24) is 9.97 Å². The minimum Gasteiger partial charge on any atom is -0.397 e. The number of aryl methyl sites for hydroxylation is 2. The third-order valence-corrected chi connectivity index (χ3v) is 5.62. The number of H-pyrrole nitrogens is 1. The molecule has 0 saturated heterocycles. The molecule has 0 amide bonds. The van der Waals surface area contributed by atoms with Crippen molar-refractivity contribution in [3.05, 3.63) is 96.3 Å². The number of nitrogens with two attached hydrogens (primary N) is 1. The van der Waals surface area contributed by atoms with Crippen LogP contribution in [0.25, 0.3) is 21.8 Å². The van der Waals surface area contributed by atoms with Gasteiger partial charge in [0, 0.05) is 40.1 Å². The number of para-hydroxylation sites is 2. The van der Waals surface area contributed by atoms with Gasteiger partial charge in [0.15, 0.2) is 0 Å². The fourth-order valence-electron chi connectivity index (χ4n) is 4.04. The number of benzene rings is 3. The quantitative estimate of drug-likeness (QED) is 0.301. The van der Waals surface area contributed by atoms with Gasteiger partial charge in [-0.05, 0) is 60.7 Å². The summed E-state index contributed by atoms with van der Waals surface area (Å²) in [5, 5.41) is 5.86. The summed E-state index contributed by atoms with van der Waals surface area (Å²) in [5.74, 6) is 0. The van der Waals surface area contributed by atoms with Gasteiger partial charge in [0.05, 0.1) is 11.2 Å². The van der Waals surface area contributed by atoms with E-state index >= 15 is 0 Å². The molecule has 2 heterocycles. The van der Waals surface area contributed by atoms with Crippen molar-refractivity contribution in [2.24, 2.45) is 0 Å². The second kappa shape index (κ2) is 7.91. The predicted molar refractivity (Wildman–Crippen MR) is 126 cm³/mol. The monoisotopic (exact) mass is 392 g/mol. The summed E-state index contributed by atoms with van der Waals surface area (Å²) in [6, 6.07) is 25.0. The molecule has 4 nitrogen and oxygen atoms in total. The Kier molecular flexibility index (Phi) is 4.81. The number of aromatic amines is 1. The predicted octanol–water partition coefficient (Wildman–Crippen LogP) is 6.22. The van der Waals surface area contributed by atoms with Crippen LogP contribution in [0.4, 0.5) is 17.1 Å². The topological polar surface area (TPSA) is 66.7 Å². The lowest BCUT2D eigenvalue weighted by molar-refractivity contribution is 0.825. The Labute approximate surface area is 175 Å². The maximum Gasteiger partial charge on any atom is 0.0951 e. The number of pyridine rings is 1. The Hall–Kier alpha value is -3.79. The molecule has 0 aliphatic rings. The first-order valence-corrected chi connectivity index (χ1v) is 10.3. The van der Waals surface area contributed by atoms with Gasteiger partial charge in [-0.3, -0.25) is 4.98 Å². The molecule has 0 aliphatic carbocycles. The first-order chi connectivity index (χ1) is 14.8. The zero-order chi connectivity index (χ0) is 20.3. The summed E-state index contributed by atoms with van der Waals surface area (Å²) >= 11 is 0. The molecule has 0 spiro atoms. The van der Waals surface area contributed by atoms with Gasteiger partial charge in [0.25, 0.3) is 0 Å². The van der Waals surface area contributed by atoms with E-state index in [9.17, 15) is 0 Å². The highest BCUT2D eigenvalue weighted by Gasteiger charge is 2.06. The smallest absolute Gasteiger partial charge is 0.0951 e. The molecule has 0 atom stereocenters. The SMILES string of the molecule is Nc1cccc2c(Nc3ccc(CCCc4c[nH]c5ccccc45)cc3)ccnc12. The molecule has 4 heteroatoms. The third-order valence-electron chi connectivity index (χ3n) is 5.62. The van der Waals surface area contributed by atoms with Crippen LogP contribution in [0.1, 0.15) is 17.5 Å². The number of nitrogens with zero attached hydrogens (tertiary/aromatic N) is 1. The summed E-state index contributed by atoms with van der Waals surface area (Å²) in [6.07, 6.45) is 7.20. The van der Waals surface area contributed by atoms with E-state index in [2.05, 4.69) is 70.0 Å². The van der Waals surface area contributed by atoms with E-state index in [-0.39, 0.29) is 0 Å². The molecule has 5 aromatic rings. The van der Waals surface area contributed by atoms with Crippen LogP contribution in [0.15, 0.2) is 85.2 Å². The van der Waals surface area contributed by atoms with Crippen LogP contribution in [-0.2, 0) is 12.8 Å². The Balaban J connectivity index is 1.24. The number of anilines is 3. The average molecular weight is 393 g/mol. The van der Waals surface area contributed by atoms with Crippen molar-refractivity contribution in [2.45, 2.75) is 19.3 Å². The molecule has 0 aliphatic heterocycles. The zero-order valence-corrected chi connectivity index (χ0v) is 16.7. The van der Waals surface area contributed by atoms with E-state index in [1.165, 1.54) is 22.0 Å². The van der Waals surface area contributed by atoms with Crippen molar-refractivity contribution in [3.8, 4) is 0 Å². The molecule has 2 aromatic heterocycles. The largest absolute Gasteiger partial charge is 0.397 e. The molecule has 3 aromatic carbocycles. The van der Waals surface area contributed by atoms with Gasteiger partial charge in [0.2, 0.25) is 0 Å². The van der Waals surface area contributed by atoms with Gasteiger partial charge < -0.3 is 16.0 Å². The molecule has 5 rings (SSSR count). The number of fused-ring (bicyclic) bond motifs is 2. The summed E-state index contributed by atoms with van der Waals surface area (Å²) in [5.41, 5.74) is 13.6. The summed E-state index contributed by atoms with van der Waals surface area (Å²) < 4.78 is 0. The number of nitrogen functional groups attached to an aromatic ring is 1. The van der Waals surface area contributed by atoms with Crippen molar-refractivity contribution < 1.29 is 0 Å². The molecule has 148 valence electrons. The van der Waals surface area contributed by atoms with Crippen LogP contribution in [0.5, 0.6) is 0 Å². The van der Waals surface area contributed by atoms with Gasteiger partial charge in [0.1, 0.15) is 0 Å². The van der Waals surface area contributed by atoms with Crippen LogP contribution in [0.3, 0.4) is 0 Å². The lowest BCUT2D eigenvalue weighted by Crippen LogP contribution is -1.95. The van der Waals surface area contributed by atoms with Crippen molar-refractivity contribution >= 4 is 38.9 Å². The third kappa shape index (κ3) is 3.60. The number of aromatic nitrogens is 2. The second-order valence-corrected chi connectivity index (χ2v) is 7.64. The minimum atomic E-state index is 0.696. The summed E-state index contributed by atoms with van der Waals surface area (Å²) in [7, 11) is 0. The van der Waals surface area contributed by atoms with Crippen LogP contribution in [-0.4, -0.2) is 9.97 Å². The van der Waals surface area contributed by atoms with E-state index in [0.29, 0.717) is 5.69 Å². The van der Waals surface area contributed by atoms with E-state index in [0.717, 1.165) is 41.5 Å². The van der Waals surface area contributed by atoms with Crippen LogP contribution >= 0.6 is 0 Å². The molecule has 0 radical (unpaired) electrons. The van der Waals surface area contributed by atoms with Crippen molar-refractivity contribution in [2.75, 3.05) is 11.1 Å².